The molecule has 0 aromatic carbocycles. The van der Waals surface area contributed by atoms with Crippen LogP contribution in [0.1, 0.15) is 63.4 Å². The van der Waals surface area contributed by atoms with Gasteiger partial charge in [0.25, 0.3) is 0 Å². The highest BCUT2D eigenvalue weighted by Crippen LogP contribution is 2.29. The molecule has 24 heavy (non-hydrogen) atoms. The van der Waals surface area contributed by atoms with Crippen molar-refractivity contribution in [3.63, 3.8) is 0 Å². The van der Waals surface area contributed by atoms with Gasteiger partial charge in [-0.15, -0.1) is 0 Å². The van der Waals surface area contributed by atoms with E-state index in [1.807, 2.05) is 4.52 Å². The number of rotatable bonds is 5. The summed E-state index contributed by atoms with van der Waals surface area (Å²) < 4.78 is 7.51. The van der Waals surface area contributed by atoms with Crippen molar-refractivity contribution < 1.29 is 4.74 Å². The predicted molar refractivity (Wildman–Crippen MR) is 97.8 cm³/mol. The Labute approximate surface area is 144 Å². The Morgan fingerprint density at radius 3 is 2.62 bits per heavy atom. The Morgan fingerprint density at radius 2 is 2.00 bits per heavy atom. The molecule has 1 aliphatic heterocycles. The first-order chi connectivity index (χ1) is 11.5. The molecule has 5 nitrogen and oxygen atoms in total. The predicted octanol–water partition coefficient (Wildman–Crippen LogP) is 3.95. The Hall–Kier alpha value is -1.62. The van der Waals surface area contributed by atoms with Gasteiger partial charge >= 0.3 is 0 Å². The number of fused-ring (bicyclic) bond motifs is 1. The van der Waals surface area contributed by atoms with Crippen LogP contribution >= 0.6 is 0 Å². The van der Waals surface area contributed by atoms with Crippen molar-refractivity contribution in [2.75, 3.05) is 18.5 Å². The molecule has 0 radical (unpaired) electrons. The van der Waals surface area contributed by atoms with Crippen LogP contribution in [0.5, 0.6) is 0 Å². The number of aromatic nitrogens is 3. The van der Waals surface area contributed by atoms with Crippen molar-refractivity contribution in [3.05, 3.63) is 23.0 Å². The van der Waals surface area contributed by atoms with Gasteiger partial charge in [0, 0.05) is 42.5 Å². The molecule has 1 saturated heterocycles. The highest BCUT2D eigenvalue weighted by molar-refractivity contribution is 5.56. The van der Waals surface area contributed by atoms with Crippen molar-refractivity contribution in [2.45, 2.75) is 65.8 Å². The van der Waals surface area contributed by atoms with Crippen LogP contribution in [0, 0.1) is 12.8 Å². The average molecular weight is 330 g/mol. The lowest BCUT2D eigenvalue weighted by molar-refractivity contribution is 0.0844. The second-order valence-electron chi connectivity index (χ2n) is 7.28. The average Bonchev–Trinajstić information content (AvgIpc) is 2.99. The van der Waals surface area contributed by atoms with Gasteiger partial charge in [-0.1, -0.05) is 20.8 Å². The Bertz CT molecular complexity index is 701. The van der Waals surface area contributed by atoms with E-state index in [4.69, 9.17) is 14.8 Å². The van der Waals surface area contributed by atoms with Gasteiger partial charge in [-0.2, -0.15) is 9.61 Å². The van der Waals surface area contributed by atoms with E-state index in [-0.39, 0.29) is 0 Å². The summed E-state index contributed by atoms with van der Waals surface area (Å²) in [6.07, 6.45) is 3.05. The summed E-state index contributed by atoms with van der Waals surface area (Å²) in [6, 6.07) is 2.55. The van der Waals surface area contributed by atoms with E-state index >= 15 is 0 Å². The standard InChI is InChI=1S/C19H30N4O/c1-6-16-14(5)20-18-11-17(15-7-9-24-10-8-15)22-23(18)19(16)21-13(4)12(2)3/h11-13,15,21H,6-10H2,1-5H3/t13-/m1/s1. The van der Waals surface area contributed by atoms with E-state index in [0.29, 0.717) is 17.9 Å². The van der Waals surface area contributed by atoms with E-state index in [1.165, 1.54) is 5.56 Å². The van der Waals surface area contributed by atoms with Crippen LogP contribution in [0.4, 0.5) is 5.82 Å². The van der Waals surface area contributed by atoms with Crippen molar-refractivity contribution in [2.24, 2.45) is 5.92 Å². The molecule has 2 aromatic heterocycles. The summed E-state index contributed by atoms with van der Waals surface area (Å²) in [5, 5.41) is 8.63. The normalized spacial score (nSPS) is 17.6. The maximum absolute atomic E-state index is 5.49. The smallest absolute Gasteiger partial charge is 0.157 e. The van der Waals surface area contributed by atoms with Crippen LogP contribution in [0.2, 0.25) is 0 Å². The van der Waals surface area contributed by atoms with Crippen molar-refractivity contribution in [1.29, 1.82) is 0 Å². The molecule has 0 spiro atoms. The number of hydrogen-bond acceptors (Lipinski definition) is 4. The monoisotopic (exact) mass is 330 g/mol. The van der Waals surface area contributed by atoms with Crippen LogP contribution in [0.3, 0.4) is 0 Å². The maximum atomic E-state index is 5.49. The van der Waals surface area contributed by atoms with Crippen molar-refractivity contribution in [1.82, 2.24) is 14.6 Å². The highest BCUT2D eigenvalue weighted by atomic mass is 16.5. The van der Waals surface area contributed by atoms with E-state index < -0.39 is 0 Å². The molecule has 0 amide bonds. The number of aryl methyl sites for hydroxylation is 1. The third-order valence-electron chi connectivity index (χ3n) is 5.28. The van der Waals surface area contributed by atoms with Crippen LogP contribution in [-0.2, 0) is 11.2 Å². The molecule has 3 heterocycles. The molecule has 0 saturated carbocycles. The topological polar surface area (TPSA) is 51.5 Å². The zero-order valence-electron chi connectivity index (χ0n) is 15.6. The zero-order valence-corrected chi connectivity index (χ0v) is 15.6. The quantitative estimate of drug-likeness (QED) is 0.902. The molecule has 1 fully saturated rings. The van der Waals surface area contributed by atoms with E-state index in [9.17, 15) is 0 Å². The Morgan fingerprint density at radius 1 is 1.29 bits per heavy atom. The maximum Gasteiger partial charge on any atom is 0.157 e. The SMILES string of the molecule is CCc1c(C)nc2cc(C3CCOCC3)nn2c1N[C@H](C)C(C)C. The van der Waals surface area contributed by atoms with Crippen LogP contribution in [0.15, 0.2) is 6.07 Å². The molecular formula is C19H30N4O. The molecule has 1 N–H and O–H groups in total. The van der Waals surface area contributed by atoms with E-state index in [2.05, 4.69) is 46.0 Å². The van der Waals surface area contributed by atoms with Gasteiger partial charge in [-0.05, 0) is 39.0 Å². The van der Waals surface area contributed by atoms with Crippen LogP contribution in [-0.4, -0.2) is 33.9 Å². The minimum atomic E-state index is 0.385. The Balaban J connectivity index is 2.06. The first-order valence-electron chi connectivity index (χ1n) is 9.24. The van der Waals surface area contributed by atoms with Gasteiger partial charge in [0.15, 0.2) is 5.65 Å². The fraction of sp³-hybridized carbons (Fsp3) is 0.684. The second kappa shape index (κ2) is 7.09. The fourth-order valence-corrected chi connectivity index (χ4v) is 3.32. The van der Waals surface area contributed by atoms with Gasteiger partial charge in [0.1, 0.15) is 5.82 Å². The molecule has 0 unspecified atom stereocenters. The lowest BCUT2D eigenvalue weighted by atomic mass is 9.97. The zero-order chi connectivity index (χ0) is 17.3. The third kappa shape index (κ3) is 3.27. The summed E-state index contributed by atoms with van der Waals surface area (Å²) in [4.78, 5) is 4.80. The van der Waals surface area contributed by atoms with Gasteiger partial charge in [-0.25, -0.2) is 4.98 Å². The van der Waals surface area contributed by atoms with E-state index in [0.717, 1.165) is 55.3 Å². The first-order valence-corrected chi connectivity index (χ1v) is 9.24. The molecule has 132 valence electrons. The largest absolute Gasteiger partial charge is 0.381 e. The van der Waals surface area contributed by atoms with E-state index in [1.54, 1.807) is 0 Å². The first kappa shape index (κ1) is 17.2. The summed E-state index contributed by atoms with van der Waals surface area (Å²) in [5.41, 5.74) is 4.46. The van der Waals surface area contributed by atoms with Crippen LogP contribution in [0.25, 0.3) is 5.65 Å². The van der Waals surface area contributed by atoms with Crippen molar-refractivity contribution >= 4 is 11.5 Å². The lowest BCUT2D eigenvalue weighted by Crippen LogP contribution is -2.24. The fourth-order valence-electron chi connectivity index (χ4n) is 3.32. The molecule has 1 atom stereocenters. The molecule has 0 aliphatic carbocycles. The minimum Gasteiger partial charge on any atom is -0.381 e. The van der Waals surface area contributed by atoms with Gasteiger partial charge in [0.2, 0.25) is 0 Å². The number of anilines is 1. The Kier molecular flexibility index (Phi) is 5.09. The molecule has 1 aliphatic rings. The van der Waals surface area contributed by atoms with Crippen LogP contribution < -0.4 is 5.32 Å². The molecule has 2 aromatic rings. The summed E-state index contributed by atoms with van der Waals surface area (Å²) in [6.45, 7) is 12.7. The number of hydrogen-bond donors (Lipinski definition) is 1. The van der Waals surface area contributed by atoms with Gasteiger partial charge in [-0.3, -0.25) is 0 Å². The highest BCUT2D eigenvalue weighted by Gasteiger charge is 2.22. The molecule has 0 bridgehead atoms. The number of nitrogens with one attached hydrogen (secondary N) is 1. The van der Waals surface area contributed by atoms with Crippen molar-refractivity contribution in [3.8, 4) is 0 Å². The molecular weight excluding hydrogens is 300 g/mol. The third-order valence-corrected chi connectivity index (χ3v) is 5.28. The summed E-state index contributed by atoms with van der Waals surface area (Å²) in [5.74, 6) is 2.16. The summed E-state index contributed by atoms with van der Waals surface area (Å²) >= 11 is 0. The number of nitrogens with zero attached hydrogens (tertiary/aromatic N) is 3. The number of ether oxygens (including phenoxy) is 1. The molecule has 5 heteroatoms. The lowest BCUT2D eigenvalue weighted by Gasteiger charge is -2.22. The second-order valence-corrected chi connectivity index (χ2v) is 7.28. The van der Waals surface area contributed by atoms with Gasteiger partial charge < -0.3 is 10.1 Å². The molecule has 3 rings (SSSR count). The summed E-state index contributed by atoms with van der Waals surface area (Å²) in [7, 11) is 0. The minimum absolute atomic E-state index is 0.385. The van der Waals surface area contributed by atoms with Gasteiger partial charge in [0.05, 0.1) is 5.69 Å².